The van der Waals surface area contributed by atoms with Crippen LogP contribution in [0.25, 0.3) is 5.73 Å². The minimum absolute atomic E-state index is 0.0464. The van der Waals surface area contributed by atoms with E-state index in [1.165, 1.54) is 0 Å². The topological polar surface area (TPSA) is 41.6 Å². The molecule has 0 spiro atoms. The number of aryl methyl sites for hydroxylation is 1. The summed E-state index contributed by atoms with van der Waals surface area (Å²) >= 11 is 0. The Bertz CT molecular complexity index is 202. The van der Waals surface area contributed by atoms with E-state index in [1.807, 2.05) is 24.7 Å². The lowest BCUT2D eigenvalue weighted by molar-refractivity contribution is 0.830. The molecule has 56 valence electrons. The fourth-order valence-electron chi connectivity index (χ4n) is 0.886. The number of hydrogen-bond donors (Lipinski definition) is 0. The summed E-state index contributed by atoms with van der Waals surface area (Å²) in [7, 11) is 1.94. The van der Waals surface area contributed by atoms with Crippen LogP contribution in [0.1, 0.15) is 12.6 Å². The maximum Gasteiger partial charge on any atom is 0.0946 e. The van der Waals surface area contributed by atoms with Gasteiger partial charge in [-0.3, -0.25) is 0 Å². The second-order valence-electron chi connectivity index (χ2n) is 2.64. The van der Waals surface area contributed by atoms with Gasteiger partial charge < -0.3 is 10.3 Å². The standard InChI is InChI=1S/C7H12N3/c1-6(8)3-7-4-10(2)5-9-7/h4-6,8H,3H2,1-2H3/q-1. The molecule has 1 heterocycles. The highest BCUT2D eigenvalue weighted by molar-refractivity contribution is 4.99. The smallest absolute Gasteiger partial charge is 0.0946 e. The van der Waals surface area contributed by atoms with Crippen LogP contribution in [-0.2, 0) is 13.5 Å². The summed E-state index contributed by atoms with van der Waals surface area (Å²) in [5.74, 6) is 0. The minimum Gasteiger partial charge on any atom is -0.675 e. The van der Waals surface area contributed by atoms with Crippen LogP contribution < -0.4 is 0 Å². The molecule has 3 nitrogen and oxygen atoms in total. The molecule has 10 heavy (non-hydrogen) atoms. The first kappa shape index (κ1) is 7.28. The second kappa shape index (κ2) is 2.84. The highest BCUT2D eigenvalue weighted by atomic mass is 15.0. The first-order valence-corrected chi connectivity index (χ1v) is 3.36. The monoisotopic (exact) mass is 138 g/mol. The van der Waals surface area contributed by atoms with E-state index in [2.05, 4.69) is 4.98 Å². The molecular formula is C7H12N3-. The summed E-state index contributed by atoms with van der Waals surface area (Å²) in [6.45, 7) is 1.87. The summed E-state index contributed by atoms with van der Waals surface area (Å²) < 4.78 is 1.90. The van der Waals surface area contributed by atoms with Crippen molar-refractivity contribution >= 4 is 0 Å². The van der Waals surface area contributed by atoms with Gasteiger partial charge in [0.2, 0.25) is 0 Å². The van der Waals surface area contributed by atoms with Gasteiger partial charge in [0.15, 0.2) is 0 Å². The van der Waals surface area contributed by atoms with Crippen molar-refractivity contribution in [3.05, 3.63) is 24.0 Å². The van der Waals surface area contributed by atoms with Gasteiger partial charge in [-0.2, -0.15) is 0 Å². The third-order valence-electron chi connectivity index (χ3n) is 1.27. The highest BCUT2D eigenvalue weighted by Gasteiger charge is 1.94. The number of imidazole rings is 1. The first-order chi connectivity index (χ1) is 4.68. The molecule has 0 saturated carbocycles. The summed E-state index contributed by atoms with van der Waals surface area (Å²) in [6, 6.07) is -0.0464. The molecule has 0 saturated heterocycles. The van der Waals surface area contributed by atoms with Gasteiger partial charge in [-0.25, -0.2) is 4.98 Å². The number of hydrogen-bond acceptors (Lipinski definition) is 1. The lowest BCUT2D eigenvalue weighted by Crippen LogP contribution is -1.98. The molecule has 0 aromatic carbocycles. The Morgan fingerprint density at radius 1 is 1.80 bits per heavy atom. The zero-order valence-corrected chi connectivity index (χ0v) is 6.33. The molecule has 1 aromatic heterocycles. The molecule has 0 aliphatic rings. The van der Waals surface area contributed by atoms with E-state index in [0.29, 0.717) is 0 Å². The summed E-state index contributed by atoms with van der Waals surface area (Å²) in [5.41, 5.74) is 8.28. The fraction of sp³-hybridized carbons (Fsp3) is 0.571. The van der Waals surface area contributed by atoms with E-state index in [9.17, 15) is 0 Å². The zero-order chi connectivity index (χ0) is 7.56. The van der Waals surface area contributed by atoms with Crippen LogP contribution in [0.2, 0.25) is 0 Å². The number of nitrogens with one attached hydrogen (secondary N) is 1. The van der Waals surface area contributed by atoms with Crippen molar-refractivity contribution in [3.8, 4) is 0 Å². The molecule has 0 amide bonds. The molecule has 1 rings (SSSR count). The average molecular weight is 138 g/mol. The van der Waals surface area contributed by atoms with Gasteiger partial charge >= 0.3 is 0 Å². The largest absolute Gasteiger partial charge is 0.675 e. The van der Waals surface area contributed by atoms with Crippen LogP contribution in [0, 0.1) is 0 Å². The van der Waals surface area contributed by atoms with Crippen molar-refractivity contribution in [2.45, 2.75) is 19.4 Å². The van der Waals surface area contributed by atoms with Crippen LogP contribution >= 0.6 is 0 Å². The van der Waals surface area contributed by atoms with Crippen molar-refractivity contribution in [2.75, 3.05) is 0 Å². The molecule has 1 atom stereocenters. The molecular weight excluding hydrogens is 126 g/mol. The van der Waals surface area contributed by atoms with Crippen molar-refractivity contribution in [3.63, 3.8) is 0 Å². The van der Waals surface area contributed by atoms with Crippen LogP contribution in [0.5, 0.6) is 0 Å². The van der Waals surface area contributed by atoms with Gasteiger partial charge in [-0.05, 0) is 6.42 Å². The van der Waals surface area contributed by atoms with Crippen LogP contribution in [0.15, 0.2) is 12.5 Å². The predicted molar refractivity (Wildman–Crippen MR) is 40.7 cm³/mol. The lowest BCUT2D eigenvalue weighted by atomic mass is 10.2. The van der Waals surface area contributed by atoms with Crippen LogP contribution in [-0.4, -0.2) is 15.6 Å². The molecule has 1 unspecified atom stereocenters. The number of nitrogens with zero attached hydrogens (tertiary/aromatic N) is 2. The van der Waals surface area contributed by atoms with E-state index < -0.39 is 0 Å². The van der Waals surface area contributed by atoms with Gasteiger partial charge in [-0.1, -0.05) is 6.92 Å². The minimum atomic E-state index is -0.0464. The fourth-order valence-corrected chi connectivity index (χ4v) is 0.886. The van der Waals surface area contributed by atoms with E-state index in [1.54, 1.807) is 6.33 Å². The maximum atomic E-state index is 7.28. The molecule has 0 radical (unpaired) electrons. The van der Waals surface area contributed by atoms with Gasteiger partial charge in [0.1, 0.15) is 0 Å². The van der Waals surface area contributed by atoms with Crippen molar-refractivity contribution in [2.24, 2.45) is 7.05 Å². The highest BCUT2D eigenvalue weighted by Crippen LogP contribution is 2.00. The van der Waals surface area contributed by atoms with E-state index >= 15 is 0 Å². The van der Waals surface area contributed by atoms with E-state index in [4.69, 9.17) is 5.73 Å². The average Bonchev–Trinajstić information content (AvgIpc) is 2.13. The van der Waals surface area contributed by atoms with Gasteiger partial charge in [0.25, 0.3) is 0 Å². The third kappa shape index (κ3) is 1.84. The second-order valence-corrected chi connectivity index (χ2v) is 2.64. The van der Waals surface area contributed by atoms with Crippen LogP contribution in [0.3, 0.4) is 0 Å². The summed E-state index contributed by atoms with van der Waals surface area (Å²) in [6.07, 6.45) is 4.46. The Balaban J connectivity index is 2.58. The molecule has 0 fully saturated rings. The molecule has 0 aliphatic carbocycles. The van der Waals surface area contributed by atoms with Crippen molar-refractivity contribution in [1.82, 2.24) is 9.55 Å². The Hall–Kier alpha value is -0.830. The van der Waals surface area contributed by atoms with Gasteiger partial charge in [0, 0.05) is 13.2 Å². The van der Waals surface area contributed by atoms with E-state index in [0.717, 1.165) is 12.1 Å². The number of rotatable bonds is 2. The third-order valence-corrected chi connectivity index (χ3v) is 1.27. The Kier molecular flexibility index (Phi) is 2.06. The molecule has 0 aliphatic heterocycles. The molecule has 1 aromatic rings. The Labute approximate surface area is 60.9 Å². The number of aromatic nitrogens is 2. The summed E-state index contributed by atoms with van der Waals surface area (Å²) in [5, 5.41) is 0. The van der Waals surface area contributed by atoms with Crippen LogP contribution in [0.4, 0.5) is 0 Å². The maximum absolute atomic E-state index is 7.28. The summed E-state index contributed by atoms with van der Waals surface area (Å²) in [4.78, 5) is 4.10. The molecule has 1 N–H and O–H groups in total. The van der Waals surface area contributed by atoms with E-state index in [-0.39, 0.29) is 6.04 Å². The first-order valence-electron chi connectivity index (χ1n) is 3.36. The molecule has 0 bridgehead atoms. The Morgan fingerprint density at radius 3 is 2.90 bits per heavy atom. The van der Waals surface area contributed by atoms with Gasteiger partial charge in [0.05, 0.1) is 12.0 Å². The SMILES string of the molecule is CC([NH-])Cc1cn(C)cn1. The zero-order valence-electron chi connectivity index (χ0n) is 6.33. The van der Waals surface area contributed by atoms with Gasteiger partial charge in [-0.15, -0.1) is 6.04 Å². The quantitative estimate of drug-likeness (QED) is 0.609. The molecule has 3 heteroatoms. The van der Waals surface area contributed by atoms with Crippen molar-refractivity contribution < 1.29 is 0 Å². The normalized spacial score (nSPS) is 13.5. The Morgan fingerprint density at radius 2 is 2.50 bits per heavy atom. The lowest BCUT2D eigenvalue weighted by Gasteiger charge is -2.09. The predicted octanol–water partition coefficient (Wildman–Crippen LogP) is 1.40. The van der Waals surface area contributed by atoms with Crippen molar-refractivity contribution in [1.29, 1.82) is 0 Å².